The highest BCUT2D eigenvalue weighted by molar-refractivity contribution is 8.79. The summed E-state index contributed by atoms with van der Waals surface area (Å²) in [4.78, 5) is 0. The molecule has 2 aliphatic rings. The Bertz CT molecular complexity index is 85.1. The number of rotatable bonds is 4. The molecular weight excluding hydrogens is 188 g/mol. The van der Waals surface area contributed by atoms with Crippen LogP contribution >= 0.6 is 45.1 Å². The summed E-state index contributed by atoms with van der Waals surface area (Å²) in [5.74, 6) is 4.20. The van der Waals surface area contributed by atoms with Crippen molar-refractivity contribution in [3.05, 3.63) is 0 Å². The Kier molecular flexibility index (Phi) is 2.51. The van der Waals surface area contributed by atoms with E-state index in [2.05, 4.69) is 45.1 Å². The van der Waals surface area contributed by atoms with Crippen LogP contribution in [0.5, 0.6) is 0 Å². The second kappa shape index (κ2) is 3.20. The van der Waals surface area contributed by atoms with Crippen molar-refractivity contribution in [3.63, 3.8) is 0 Å². The number of thioether (sulfide) groups is 2. The second-order valence-electron chi connectivity index (χ2n) is 2.10. The van der Waals surface area contributed by atoms with Crippen LogP contribution in [0.25, 0.3) is 0 Å². The van der Waals surface area contributed by atoms with E-state index in [1.54, 1.807) is 0 Å². The monoisotopic (exact) mass is 196 g/mol. The van der Waals surface area contributed by atoms with E-state index in [4.69, 9.17) is 0 Å². The van der Waals surface area contributed by atoms with Gasteiger partial charge in [0.15, 0.2) is 0 Å². The maximum atomic E-state index is 2.10. The zero-order valence-corrected chi connectivity index (χ0v) is 8.18. The third-order valence-corrected chi connectivity index (χ3v) is 6.80. The second-order valence-corrected chi connectivity index (χ2v) is 7.58. The summed E-state index contributed by atoms with van der Waals surface area (Å²) in [5.41, 5.74) is 0. The Morgan fingerprint density at radius 1 is 1.33 bits per heavy atom. The maximum absolute atomic E-state index is 2.10. The van der Waals surface area contributed by atoms with Crippen molar-refractivity contribution < 1.29 is 0 Å². The van der Waals surface area contributed by atoms with Crippen LogP contribution in [0.15, 0.2) is 0 Å². The summed E-state index contributed by atoms with van der Waals surface area (Å²) in [6.07, 6.45) is 0. The first-order chi connectivity index (χ1) is 4.45. The molecule has 0 aromatic rings. The topological polar surface area (TPSA) is 0 Å². The lowest BCUT2D eigenvalue weighted by molar-refractivity contribution is 1.28. The van der Waals surface area contributed by atoms with Crippen molar-refractivity contribution in [2.45, 2.75) is 9.83 Å². The van der Waals surface area contributed by atoms with Gasteiger partial charge in [0.25, 0.3) is 0 Å². The average Bonchev–Trinajstić information content (AvgIpc) is 2.57. The molecule has 2 fully saturated rings. The van der Waals surface area contributed by atoms with Gasteiger partial charge in [0.2, 0.25) is 0 Å². The van der Waals surface area contributed by atoms with Gasteiger partial charge in [-0.1, -0.05) is 21.6 Å². The van der Waals surface area contributed by atoms with E-state index in [0.29, 0.717) is 0 Å². The van der Waals surface area contributed by atoms with Crippen LogP contribution in [0.1, 0.15) is 0 Å². The fourth-order valence-electron chi connectivity index (χ4n) is 0.450. The maximum Gasteiger partial charge on any atom is 0.0697 e. The van der Waals surface area contributed by atoms with Crippen molar-refractivity contribution in [2.24, 2.45) is 0 Å². The van der Waals surface area contributed by atoms with Gasteiger partial charge in [0, 0.05) is 22.5 Å². The van der Waals surface area contributed by atoms with E-state index < -0.39 is 0 Å². The normalized spacial score (nSPS) is 38.7. The Morgan fingerprint density at radius 2 is 2.11 bits per heavy atom. The molecular formula is C5H8S4. The highest BCUT2D eigenvalue weighted by Crippen LogP contribution is 2.47. The van der Waals surface area contributed by atoms with Crippen LogP contribution < -0.4 is 0 Å². The van der Waals surface area contributed by atoms with Gasteiger partial charge >= 0.3 is 0 Å². The van der Waals surface area contributed by atoms with E-state index in [9.17, 15) is 0 Å². The fourth-order valence-corrected chi connectivity index (χ4v) is 5.64. The minimum absolute atomic E-state index is 0.957. The molecule has 4 heteroatoms. The van der Waals surface area contributed by atoms with Gasteiger partial charge in [-0.25, -0.2) is 0 Å². The fraction of sp³-hybridized carbons (Fsp3) is 1.00. The molecule has 2 atom stereocenters. The third kappa shape index (κ3) is 2.87. The third-order valence-electron chi connectivity index (χ3n) is 1.13. The molecule has 0 N–H and O–H groups in total. The Hall–Kier alpha value is 1.40. The van der Waals surface area contributed by atoms with Crippen LogP contribution in [0, 0.1) is 0 Å². The quantitative estimate of drug-likeness (QED) is 0.500. The first-order valence-electron chi connectivity index (χ1n) is 2.96. The molecule has 0 amide bonds. The van der Waals surface area contributed by atoms with E-state index in [1.807, 2.05) is 0 Å². The molecule has 52 valence electrons. The van der Waals surface area contributed by atoms with Gasteiger partial charge in [-0.15, -0.1) is 11.8 Å². The SMILES string of the molecule is C(SSC1CS1)C1CS1. The highest BCUT2D eigenvalue weighted by Gasteiger charge is 2.26. The molecule has 0 radical (unpaired) electrons. The van der Waals surface area contributed by atoms with E-state index in [1.165, 1.54) is 17.3 Å². The Balaban J connectivity index is 1.46. The lowest BCUT2D eigenvalue weighted by Crippen LogP contribution is -1.83. The van der Waals surface area contributed by atoms with Gasteiger partial charge in [0.05, 0.1) is 4.58 Å². The van der Waals surface area contributed by atoms with Crippen molar-refractivity contribution in [1.29, 1.82) is 0 Å². The van der Waals surface area contributed by atoms with Gasteiger partial charge in [0.1, 0.15) is 0 Å². The first kappa shape index (κ1) is 7.07. The van der Waals surface area contributed by atoms with Gasteiger partial charge < -0.3 is 0 Å². The lowest BCUT2D eigenvalue weighted by Gasteiger charge is -1.92. The molecule has 0 spiro atoms. The number of hydrogen-bond donors (Lipinski definition) is 0. The molecule has 2 aliphatic heterocycles. The van der Waals surface area contributed by atoms with Crippen molar-refractivity contribution in [3.8, 4) is 0 Å². The summed E-state index contributed by atoms with van der Waals surface area (Å²) < 4.78 is 0.957. The van der Waals surface area contributed by atoms with Crippen LogP contribution in [-0.2, 0) is 0 Å². The Morgan fingerprint density at radius 3 is 2.67 bits per heavy atom. The minimum atomic E-state index is 0.957. The summed E-state index contributed by atoms with van der Waals surface area (Å²) in [7, 11) is 4.15. The molecule has 2 heterocycles. The summed E-state index contributed by atoms with van der Waals surface area (Å²) >= 11 is 4.18. The summed E-state index contributed by atoms with van der Waals surface area (Å²) in [6.45, 7) is 0. The van der Waals surface area contributed by atoms with E-state index in [0.717, 1.165) is 9.83 Å². The molecule has 0 bridgehead atoms. The van der Waals surface area contributed by atoms with E-state index in [-0.39, 0.29) is 0 Å². The van der Waals surface area contributed by atoms with Crippen molar-refractivity contribution in [1.82, 2.24) is 0 Å². The molecule has 0 saturated carbocycles. The van der Waals surface area contributed by atoms with E-state index >= 15 is 0 Å². The molecule has 0 aliphatic carbocycles. The molecule has 9 heavy (non-hydrogen) atoms. The molecule has 0 nitrogen and oxygen atoms in total. The van der Waals surface area contributed by atoms with Gasteiger partial charge in [-0.05, 0) is 0 Å². The summed E-state index contributed by atoms with van der Waals surface area (Å²) in [5, 5.41) is 1.02. The molecule has 2 rings (SSSR count). The van der Waals surface area contributed by atoms with Crippen LogP contribution in [0.2, 0.25) is 0 Å². The lowest BCUT2D eigenvalue weighted by atomic mass is 10.6. The van der Waals surface area contributed by atoms with Gasteiger partial charge in [-0.2, -0.15) is 11.8 Å². The standard InChI is InChI=1S/C5H8S4/c1-4(6-1)2-8-9-5-3-7-5/h4-5H,1-3H2. The molecule has 0 aromatic heterocycles. The first-order valence-corrected chi connectivity index (χ1v) is 7.44. The Labute approximate surface area is 72.1 Å². The molecule has 0 aromatic carbocycles. The van der Waals surface area contributed by atoms with Crippen LogP contribution in [0.4, 0.5) is 0 Å². The highest BCUT2D eigenvalue weighted by atomic mass is 33.1. The largest absolute Gasteiger partial charge is 0.156 e. The minimum Gasteiger partial charge on any atom is -0.156 e. The summed E-state index contributed by atoms with van der Waals surface area (Å²) in [6, 6.07) is 0. The van der Waals surface area contributed by atoms with Crippen molar-refractivity contribution in [2.75, 3.05) is 17.3 Å². The predicted octanol–water partition coefficient (Wildman–Crippen LogP) is 2.56. The van der Waals surface area contributed by atoms with Gasteiger partial charge in [-0.3, -0.25) is 0 Å². The number of hydrogen-bond acceptors (Lipinski definition) is 4. The van der Waals surface area contributed by atoms with Crippen molar-refractivity contribution >= 4 is 45.1 Å². The smallest absolute Gasteiger partial charge is 0.0697 e. The molecule has 2 saturated heterocycles. The van der Waals surface area contributed by atoms with Crippen LogP contribution in [0.3, 0.4) is 0 Å². The molecule has 2 unspecified atom stereocenters. The zero-order valence-electron chi connectivity index (χ0n) is 4.91. The predicted molar refractivity (Wildman–Crippen MR) is 52.5 cm³/mol. The zero-order chi connectivity index (χ0) is 6.10. The van der Waals surface area contributed by atoms with Crippen LogP contribution in [-0.4, -0.2) is 27.1 Å². The average molecular weight is 196 g/mol.